The van der Waals surface area contributed by atoms with Crippen molar-refractivity contribution in [2.24, 2.45) is 0 Å². The number of nitrogens with one attached hydrogen (secondary N) is 2. The van der Waals surface area contributed by atoms with Gasteiger partial charge in [0, 0.05) is 40.9 Å². The highest BCUT2D eigenvalue weighted by Gasteiger charge is 2.16. The summed E-state index contributed by atoms with van der Waals surface area (Å²) in [6.07, 6.45) is 3.65. The summed E-state index contributed by atoms with van der Waals surface area (Å²) >= 11 is 5.82. The van der Waals surface area contributed by atoms with Crippen LogP contribution in [0.1, 0.15) is 34.2 Å². The van der Waals surface area contributed by atoms with Gasteiger partial charge >= 0.3 is 0 Å². The van der Waals surface area contributed by atoms with E-state index in [4.69, 9.17) is 11.6 Å². The lowest BCUT2D eigenvalue weighted by Crippen LogP contribution is -2.31. The van der Waals surface area contributed by atoms with Gasteiger partial charge in [-0.05, 0) is 44.5 Å². The zero-order valence-corrected chi connectivity index (χ0v) is 17.8. The van der Waals surface area contributed by atoms with Gasteiger partial charge in [0.25, 0.3) is 5.91 Å². The average molecular weight is 431 g/mol. The Bertz CT molecular complexity index is 1020. The molecule has 0 radical (unpaired) electrons. The van der Waals surface area contributed by atoms with Gasteiger partial charge in [-0.15, -0.1) is 0 Å². The van der Waals surface area contributed by atoms with Gasteiger partial charge in [-0.25, -0.2) is 4.39 Å². The Morgan fingerprint density at radius 3 is 2.67 bits per heavy atom. The van der Waals surface area contributed by atoms with Crippen LogP contribution >= 0.6 is 11.6 Å². The molecule has 8 heteroatoms. The molecule has 0 saturated heterocycles. The first kappa shape index (κ1) is 23.3. The summed E-state index contributed by atoms with van der Waals surface area (Å²) < 4.78 is 14.0. The maximum absolute atomic E-state index is 14.0. The molecule has 0 aliphatic carbocycles. The van der Waals surface area contributed by atoms with Crippen molar-refractivity contribution in [3.63, 3.8) is 0 Å². The molecular weight excluding hydrogens is 407 g/mol. The monoisotopic (exact) mass is 430 g/mol. The Hall–Kier alpha value is -3.03. The third kappa shape index (κ3) is 5.98. The summed E-state index contributed by atoms with van der Waals surface area (Å²) in [7, 11) is 0. The van der Waals surface area contributed by atoms with Crippen molar-refractivity contribution < 1.29 is 14.3 Å². The number of rotatable bonds is 8. The molecule has 1 atom stereocenters. The third-order valence-corrected chi connectivity index (χ3v) is 4.39. The van der Waals surface area contributed by atoms with E-state index in [2.05, 4.69) is 33.8 Å². The van der Waals surface area contributed by atoms with Crippen LogP contribution in [-0.4, -0.2) is 33.6 Å². The number of halogens is 2. The van der Waals surface area contributed by atoms with E-state index in [0.29, 0.717) is 28.3 Å². The van der Waals surface area contributed by atoms with Crippen LogP contribution in [0.25, 0.3) is 5.57 Å². The van der Waals surface area contributed by atoms with Gasteiger partial charge in [0.05, 0.1) is 23.0 Å². The van der Waals surface area contributed by atoms with E-state index in [-0.39, 0.29) is 23.1 Å². The second-order valence-corrected chi connectivity index (χ2v) is 7.27. The van der Waals surface area contributed by atoms with Crippen molar-refractivity contribution in [1.82, 2.24) is 15.3 Å². The number of hydrogen-bond acceptors (Lipinski definition) is 5. The van der Waals surface area contributed by atoms with Crippen molar-refractivity contribution in [3.8, 4) is 0 Å². The van der Waals surface area contributed by atoms with Crippen LogP contribution in [0, 0.1) is 13.8 Å². The maximum atomic E-state index is 14.0. The van der Waals surface area contributed by atoms with Crippen molar-refractivity contribution in [2.75, 3.05) is 11.9 Å². The summed E-state index contributed by atoms with van der Waals surface area (Å²) in [5, 5.41) is 15.4. The minimum atomic E-state index is -0.694. The predicted molar refractivity (Wildman–Crippen MR) is 118 cm³/mol. The number of aliphatic hydroxyl groups is 1. The van der Waals surface area contributed by atoms with Crippen molar-refractivity contribution >= 4 is 34.5 Å². The summed E-state index contributed by atoms with van der Waals surface area (Å²) in [6, 6.07) is 3.30. The van der Waals surface area contributed by atoms with Crippen LogP contribution in [0.4, 0.5) is 15.8 Å². The highest BCUT2D eigenvalue weighted by atomic mass is 35.5. The summed E-state index contributed by atoms with van der Waals surface area (Å²) in [5.74, 6) is -1.08. The van der Waals surface area contributed by atoms with E-state index in [1.807, 2.05) is 6.92 Å². The second-order valence-electron chi connectivity index (χ2n) is 6.78. The zero-order chi connectivity index (χ0) is 22.4. The zero-order valence-electron chi connectivity index (χ0n) is 17.1. The molecule has 2 aromatic rings. The molecule has 2 aromatic heterocycles. The number of carbonyl (C=O) groups excluding carboxylic acids is 1. The van der Waals surface area contributed by atoms with Crippen molar-refractivity contribution in [3.05, 3.63) is 77.1 Å². The van der Waals surface area contributed by atoms with Crippen LogP contribution in [0.3, 0.4) is 0 Å². The lowest BCUT2D eigenvalue weighted by atomic mass is 10.1. The van der Waals surface area contributed by atoms with Crippen molar-refractivity contribution in [1.29, 1.82) is 0 Å². The molecule has 3 N–H and O–H groups in total. The smallest absolute Gasteiger partial charge is 0.255 e. The van der Waals surface area contributed by atoms with Gasteiger partial charge in [-0.1, -0.05) is 24.8 Å². The van der Waals surface area contributed by atoms with Crippen molar-refractivity contribution in [2.45, 2.75) is 26.9 Å². The number of aromatic nitrogens is 2. The van der Waals surface area contributed by atoms with Gasteiger partial charge in [0.2, 0.25) is 0 Å². The fourth-order valence-electron chi connectivity index (χ4n) is 2.62. The standard InChI is InChI=1S/C22H24ClFN4O2/c1-12(23)8-17(15(4)24)21-9-20(14(3)16(5)27-21)28-19-6-7-25-11-18(19)22(30)26-10-13(2)29/h6-9,11,13,29H,1,4,10H2,2-3,5H3,(H,26,30)(H,25,27,28)/b17-8+. The molecule has 0 aliphatic rings. The Kier molecular flexibility index (Phi) is 7.86. The summed E-state index contributed by atoms with van der Waals surface area (Å²) in [5.41, 5.74) is 3.35. The first-order valence-electron chi connectivity index (χ1n) is 9.17. The lowest BCUT2D eigenvalue weighted by Gasteiger charge is -2.17. The topological polar surface area (TPSA) is 87.1 Å². The molecule has 2 heterocycles. The number of aryl methyl sites for hydroxylation is 1. The van der Waals surface area contributed by atoms with Crippen LogP contribution in [0.15, 0.2) is 54.6 Å². The third-order valence-electron chi connectivity index (χ3n) is 4.28. The molecule has 6 nitrogen and oxygen atoms in total. The van der Waals surface area contributed by atoms with E-state index in [1.165, 1.54) is 12.3 Å². The van der Waals surface area contributed by atoms with E-state index < -0.39 is 11.9 Å². The highest BCUT2D eigenvalue weighted by Crippen LogP contribution is 2.30. The van der Waals surface area contributed by atoms with Crippen LogP contribution in [0.5, 0.6) is 0 Å². The van der Waals surface area contributed by atoms with E-state index in [0.717, 1.165) is 5.56 Å². The maximum Gasteiger partial charge on any atom is 0.255 e. The number of allylic oxidation sites excluding steroid dienone is 4. The quantitative estimate of drug-likeness (QED) is 0.534. The number of carbonyl (C=O) groups is 1. The average Bonchev–Trinajstić information content (AvgIpc) is 2.67. The fourth-order valence-corrected chi connectivity index (χ4v) is 2.73. The molecule has 2 rings (SSSR count). The van der Waals surface area contributed by atoms with Gasteiger partial charge in [0.15, 0.2) is 0 Å². The predicted octanol–water partition coefficient (Wildman–Crippen LogP) is 4.57. The largest absolute Gasteiger partial charge is 0.392 e. The number of nitrogens with zero attached hydrogens (tertiary/aromatic N) is 2. The van der Waals surface area contributed by atoms with Gasteiger partial charge in [0.1, 0.15) is 5.83 Å². The van der Waals surface area contributed by atoms with Gasteiger partial charge in [-0.2, -0.15) is 0 Å². The molecule has 1 amide bonds. The van der Waals surface area contributed by atoms with E-state index in [1.54, 1.807) is 32.2 Å². The number of amides is 1. The second kappa shape index (κ2) is 10.1. The molecule has 158 valence electrons. The SMILES string of the molecule is C=C(Cl)/C=C(\C(=C)F)c1cc(Nc2ccncc2C(=O)NCC(C)O)c(C)c(C)n1. The number of pyridine rings is 2. The Morgan fingerprint density at radius 2 is 2.07 bits per heavy atom. The van der Waals surface area contributed by atoms with Crippen LogP contribution < -0.4 is 10.6 Å². The van der Waals surface area contributed by atoms with Gasteiger partial charge < -0.3 is 15.7 Å². The first-order chi connectivity index (χ1) is 14.1. The molecular formula is C22H24ClFN4O2. The minimum absolute atomic E-state index is 0.111. The molecule has 0 spiro atoms. The normalized spacial score (nSPS) is 12.3. The summed E-state index contributed by atoms with van der Waals surface area (Å²) in [6.45, 7) is 12.2. The van der Waals surface area contributed by atoms with E-state index in [9.17, 15) is 14.3 Å². The summed E-state index contributed by atoms with van der Waals surface area (Å²) in [4.78, 5) is 20.9. The Labute approximate surface area is 180 Å². The fraction of sp³-hybridized carbons (Fsp3) is 0.227. The number of anilines is 2. The minimum Gasteiger partial charge on any atom is -0.392 e. The molecule has 0 saturated carbocycles. The Balaban J connectivity index is 2.47. The first-order valence-corrected chi connectivity index (χ1v) is 9.54. The van der Waals surface area contributed by atoms with Crippen LogP contribution in [0.2, 0.25) is 0 Å². The molecule has 0 fully saturated rings. The van der Waals surface area contributed by atoms with Gasteiger partial charge in [-0.3, -0.25) is 14.8 Å². The van der Waals surface area contributed by atoms with E-state index >= 15 is 0 Å². The number of hydrogen-bond donors (Lipinski definition) is 3. The molecule has 0 aliphatic heterocycles. The molecule has 1 unspecified atom stereocenters. The molecule has 30 heavy (non-hydrogen) atoms. The number of aliphatic hydroxyl groups excluding tert-OH is 1. The van der Waals surface area contributed by atoms with Crippen LogP contribution in [-0.2, 0) is 0 Å². The Morgan fingerprint density at radius 1 is 1.37 bits per heavy atom. The highest BCUT2D eigenvalue weighted by molar-refractivity contribution is 6.31. The molecule has 0 aromatic carbocycles. The molecule has 0 bridgehead atoms. The lowest BCUT2D eigenvalue weighted by molar-refractivity contribution is 0.0924.